The summed E-state index contributed by atoms with van der Waals surface area (Å²) in [5.41, 5.74) is 2.59. The third-order valence-electron chi connectivity index (χ3n) is 5.22. The quantitative estimate of drug-likeness (QED) is 0.754. The lowest BCUT2D eigenvalue weighted by atomic mass is 10.0. The van der Waals surface area contributed by atoms with Crippen molar-refractivity contribution in [3.05, 3.63) is 65.2 Å². The molecule has 1 heterocycles. The van der Waals surface area contributed by atoms with E-state index in [2.05, 4.69) is 10.2 Å². The van der Waals surface area contributed by atoms with Gasteiger partial charge in [-0.15, -0.1) is 0 Å². The van der Waals surface area contributed by atoms with Crippen molar-refractivity contribution < 1.29 is 13.2 Å². The number of sulfonamides is 1. The second-order valence-electron chi connectivity index (χ2n) is 7.85. The number of rotatable bonds is 7. The third kappa shape index (κ3) is 5.23. The number of hydrogen-bond donors (Lipinski definition) is 1. The summed E-state index contributed by atoms with van der Waals surface area (Å²) in [4.78, 5) is 14.8. The highest BCUT2D eigenvalue weighted by Crippen LogP contribution is 2.25. The van der Waals surface area contributed by atoms with E-state index in [4.69, 9.17) is 0 Å². The highest BCUT2D eigenvalue weighted by atomic mass is 32.2. The van der Waals surface area contributed by atoms with E-state index in [1.165, 1.54) is 15.9 Å². The maximum Gasteiger partial charge on any atom is 0.251 e. The van der Waals surface area contributed by atoms with Crippen molar-refractivity contribution in [3.8, 4) is 0 Å². The van der Waals surface area contributed by atoms with Gasteiger partial charge >= 0.3 is 0 Å². The van der Waals surface area contributed by atoms with Crippen molar-refractivity contribution >= 4 is 15.9 Å². The molecule has 0 radical (unpaired) electrons. The van der Waals surface area contributed by atoms with Crippen LogP contribution in [0.4, 0.5) is 0 Å². The minimum atomic E-state index is -3.66. The smallest absolute Gasteiger partial charge is 0.251 e. The Bertz CT molecular complexity index is 973. The molecular weight excluding hydrogens is 386 g/mol. The van der Waals surface area contributed by atoms with Gasteiger partial charge in [0, 0.05) is 24.7 Å². The second kappa shape index (κ2) is 9.07. The van der Waals surface area contributed by atoms with Crippen LogP contribution in [-0.2, 0) is 23.0 Å². The standard InChI is InChI=1S/C22H29N3O3S/c1-17(11-13-24(2)3)23-22(26)19-9-6-10-21(15-19)29(27,28)25-14-12-18-7-4-5-8-20(18)16-25/h4-10,15,17H,11-14,16H2,1-3H3,(H,23,26). The summed E-state index contributed by atoms with van der Waals surface area (Å²) >= 11 is 0. The van der Waals surface area contributed by atoms with Crippen LogP contribution in [0.2, 0.25) is 0 Å². The van der Waals surface area contributed by atoms with E-state index >= 15 is 0 Å². The summed E-state index contributed by atoms with van der Waals surface area (Å²) in [7, 11) is 0.312. The number of carbonyl (C=O) groups is 1. The Morgan fingerprint density at radius 3 is 2.59 bits per heavy atom. The molecule has 0 spiro atoms. The zero-order valence-electron chi connectivity index (χ0n) is 17.3. The van der Waals surface area contributed by atoms with Gasteiger partial charge in [-0.05, 0) is 69.7 Å². The fraction of sp³-hybridized carbons (Fsp3) is 0.409. The van der Waals surface area contributed by atoms with Gasteiger partial charge in [0.2, 0.25) is 10.0 Å². The summed E-state index contributed by atoms with van der Waals surface area (Å²) in [5, 5.41) is 2.95. The lowest BCUT2D eigenvalue weighted by molar-refractivity contribution is 0.0936. The SMILES string of the molecule is CC(CCN(C)C)NC(=O)c1cccc(S(=O)(=O)N2CCc3ccccc3C2)c1. The van der Waals surface area contributed by atoms with Crippen LogP contribution in [0.3, 0.4) is 0 Å². The number of benzene rings is 2. The van der Waals surface area contributed by atoms with Gasteiger partial charge in [-0.1, -0.05) is 30.3 Å². The molecule has 2 aromatic rings. The molecule has 1 atom stereocenters. The molecule has 0 bridgehead atoms. The number of hydrogen-bond acceptors (Lipinski definition) is 4. The van der Waals surface area contributed by atoms with Crippen LogP contribution in [0.1, 0.15) is 34.8 Å². The van der Waals surface area contributed by atoms with E-state index in [9.17, 15) is 13.2 Å². The van der Waals surface area contributed by atoms with Crippen molar-refractivity contribution in [2.75, 3.05) is 27.2 Å². The first-order valence-corrected chi connectivity index (χ1v) is 11.3. The average molecular weight is 416 g/mol. The van der Waals surface area contributed by atoms with Crippen molar-refractivity contribution in [1.29, 1.82) is 0 Å². The fourth-order valence-corrected chi connectivity index (χ4v) is 4.92. The minimum absolute atomic E-state index is 0.00348. The summed E-state index contributed by atoms with van der Waals surface area (Å²) in [6, 6.07) is 14.2. The molecule has 2 aromatic carbocycles. The van der Waals surface area contributed by atoms with Crippen molar-refractivity contribution in [1.82, 2.24) is 14.5 Å². The van der Waals surface area contributed by atoms with Crippen LogP contribution >= 0.6 is 0 Å². The number of nitrogens with one attached hydrogen (secondary N) is 1. The fourth-order valence-electron chi connectivity index (χ4n) is 3.45. The van der Waals surface area contributed by atoms with Gasteiger partial charge in [-0.25, -0.2) is 8.42 Å². The molecule has 0 saturated carbocycles. The Morgan fingerprint density at radius 1 is 1.14 bits per heavy atom. The molecular formula is C22H29N3O3S. The van der Waals surface area contributed by atoms with Crippen LogP contribution in [0, 0.1) is 0 Å². The van der Waals surface area contributed by atoms with E-state index < -0.39 is 10.0 Å². The third-order valence-corrected chi connectivity index (χ3v) is 7.06. The number of fused-ring (bicyclic) bond motifs is 1. The molecule has 0 saturated heterocycles. The van der Waals surface area contributed by atoms with Gasteiger partial charge in [0.05, 0.1) is 4.90 Å². The molecule has 1 unspecified atom stereocenters. The Morgan fingerprint density at radius 2 is 1.86 bits per heavy atom. The van der Waals surface area contributed by atoms with Crippen LogP contribution in [0.25, 0.3) is 0 Å². The highest BCUT2D eigenvalue weighted by Gasteiger charge is 2.28. The lowest BCUT2D eigenvalue weighted by Gasteiger charge is -2.28. The first-order valence-electron chi connectivity index (χ1n) is 9.90. The first-order chi connectivity index (χ1) is 13.8. The number of nitrogens with zero attached hydrogens (tertiary/aromatic N) is 2. The van der Waals surface area contributed by atoms with Gasteiger partial charge in [-0.3, -0.25) is 4.79 Å². The molecule has 29 heavy (non-hydrogen) atoms. The van der Waals surface area contributed by atoms with E-state index in [1.807, 2.05) is 45.3 Å². The molecule has 156 valence electrons. The Balaban J connectivity index is 1.74. The monoisotopic (exact) mass is 415 g/mol. The molecule has 1 N–H and O–H groups in total. The topological polar surface area (TPSA) is 69.7 Å². The zero-order valence-corrected chi connectivity index (χ0v) is 18.1. The van der Waals surface area contributed by atoms with Gasteiger partial charge in [-0.2, -0.15) is 4.31 Å². The maximum absolute atomic E-state index is 13.2. The lowest BCUT2D eigenvalue weighted by Crippen LogP contribution is -2.36. The summed E-state index contributed by atoms with van der Waals surface area (Å²) < 4.78 is 27.8. The van der Waals surface area contributed by atoms with Gasteiger partial charge in [0.1, 0.15) is 0 Å². The van der Waals surface area contributed by atoms with E-state index in [1.54, 1.807) is 18.2 Å². The molecule has 0 aliphatic carbocycles. The summed E-state index contributed by atoms with van der Waals surface area (Å²) in [5.74, 6) is -0.253. The summed E-state index contributed by atoms with van der Waals surface area (Å²) in [6.07, 6.45) is 1.52. The Hall–Kier alpha value is -2.22. The van der Waals surface area contributed by atoms with E-state index in [0.29, 0.717) is 25.1 Å². The van der Waals surface area contributed by atoms with Crippen LogP contribution < -0.4 is 5.32 Å². The average Bonchev–Trinajstić information content (AvgIpc) is 2.72. The normalized spacial score (nSPS) is 15.7. The van der Waals surface area contributed by atoms with Gasteiger partial charge in [0.25, 0.3) is 5.91 Å². The minimum Gasteiger partial charge on any atom is -0.350 e. The Labute approximate surface area is 173 Å². The van der Waals surface area contributed by atoms with E-state index in [0.717, 1.165) is 18.5 Å². The maximum atomic E-state index is 13.2. The second-order valence-corrected chi connectivity index (χ2v) is 9.79. The number of carbonyl (C=O) groups excluding carboxylic acids is 1. The Kier molecular flexibility index (Phi) is 6.72. The molecule has 7 heteroatoms. The highest BCUT2D eigenvalue weighted by molar-refractivity contribution is 7.89. The predicted octanol–water partition coefficient (Wildman–Crippen LogP) is 2.50. The van der Waals surface area contributed by atoms with Crippen LogP contribution in [0.5, 0.6) is 0 Å². The largest absolute Gasteiger partial charge is 0.350 e. The molecule has 1 amide bonds. The van der Waals surface area contributed by atoms with E-state index in [-0.39, 0.29) is 16.8 Å². The van der Waals surface area contributed by atoms with Crippen molar-refractivity contribution in [2.24, 2.45) is 0 Å². The molecule has 1 aliphatic heterocycles. The van der Waals surface area contributed by atoms with Crippen LogP contribution in [-0.4, -0.2) is 56.8 Å². The molecule has 0 aromatic heterocycles. The van der Waals surface area contributed by atoms with Crippen molar-refractivity contribution in [3.63, 3.8) is 0 Å². The van der Waals surface area contributed by atoms with Crippen molar-refractivity contribution in [2.45, 2.75) is 37.2 Å². The number of amides is 1. The predicted molar refractivity (Wildman–Crippen MR) is 114 cm³/mol. The molecule has 6 nitrogen and oxygen atoms in total. The van der Waals surface area contributed by atoms with Crippen LogP contribution in [0.15, 0.2) is 53.4 Å². The summed E-state index contributed by atoms with van der Waals surface area (Å²) in [6.45, 7) is 3.62. The molecule has 1 aliphatic rings. The molecule has 0 fully saturated rings. The van der Waals surface area contributed by atoms with Gasteiger partial charge < -0.3 is 10.2 Å². The molecule has 3 rings (SSSR count). The first kappa shape index (κ1) is 21.5. The zero-order chi connectivity index (χ0) is 21.0. The van der Waals surface area contributed by atoms with Gasteiger partial charge in [0.15, 0.2) is 0 Å².